The van der Waals surface area contributed by atoms with Gasteiger partial charge < -0.3 is 25.1 Å². The van der Waals surface area contributed by atoms with Gasteiger partial charge in [0, 0.05) is 61.2 Å². The van der Waals surface area contributed by atoms with E-state index in [1.54, 1.807) is 6.07 Å². The lowest BCUT2D eigenvalue weighted by Gasteiger charge is -2.36. The maximum atomic E-state index is 13.3. The second kappa shape index (κ2) is 13.7. The number of fused-ring (bicyclic) bond motifs is 2. The fourth-order valence-corrected chi connectivity index (χ4v) is 5.30. The molecule has 1 fully saturated rings. The molecule has 0 unspecified atom stereocenters. The molecule has 2 aromatic rings. The van der Waals surface area contributed by atoms with Crippen molar-refractivity contribution in [2.24, 2.45) is 0 Å². The van der Waals surface area contributed by atoms with Gasteiger partial charge in [0.2, 0.25) is 0 Å². The molecule has 0 radical (unpaired) electrons. The van der Waals surface area contributed by atoms with Crippen molar-refractivity contribution in [1.29, 1.82) is 0 Å². The summed E-state index contributed by atoms with van der Waals surface area (Å²) in [5.74, 6) is -2.51. The zero-order valence-electron chi connectivity index (χ0n) is 20.6. The normalized spacial score (nSPS) is 15.9. The number of aliphatic carboxylic acids is 2. The van der Waals surface area contributed by atoms with E-state index >= 15 is 0 Å². The van der Waals surface area contributed by atoms with Crippen LogP contribution >= 0.6 is 11.8 Å². The number of carbonyl (C=O) groups is 2. The lowest BCUT2D eigenvalue weighted by molar-refractivity contribution is -0.137. The lowest BCUT2D eigenvalue weighted by atomic mass is 10.1. The van der Waals surface area contributed by atoms with Crippen molar-refractivity contribution in [3.63, 3.8) is 0 Å². The number of benzene rings is 2. The van der Waals surface area contributed by atoms with Crippen LogP contribution < -0.4 is 4.90 Å². The number of para-hydroxylation sites is 1. The van der Waals surface area contributed by atoms with E-state index in [2.05, 4.69) is 9.80 Å². The molecular formula is C26H30F3N3O5S. The third-order valence-electron chi connectivity index (χ3n) is 6.06. The molecule has 0 aromatic heterocycles. The molecule has 3 N–H and O–H groups in total. The number of anilines is 2. The van der Waals surface area contributed by atoms with Gasteiger partial charge in [-0.1, -0.05) is 23.9 Å². The van der Waals surface area contributed by atoms with Crippen molar-refractivity contribution in [3.05, 3.63) is 60.2 Å². The molecule has 2 aliphatic rings. The van der Waals surface area contributed by atoms with Crippen LogP contribution in [-0.2, 0) is 15.8 Å². The zero-order chi connectivity index (χ0) is 27.7. The van der Waals surface area contributed by atoms with Crippen LogP contribution in [0.2, 0.25) is 0 Å². The van der Waals surface area contributed by atoms with E-state index in [1.807, 2.05) is 29.2 Å². The Hall–Kier alpha value is -3.06. The number of rotatable bonds is 8. The van der Waals surface area contributed by atoms with Gasteiger partial charge in [0.15, 0.2) is 0 Å². The van der Waals surface area contributed by atoms with Crippen molar-refractivity contribution >= 4 is 35.1 Å². The molecule has 1 saturated heterocycles. The van der Waals surface area contributed by atoms with E-state index in [9.17, 15) is 22.8 Å². The monoisotopic (exact) mass is 553 g/mol. The molecule has 12 heteroatoms. The fraction of sp³-hybridized carbons (Fsp3) is 0.385. The van der Waals surface area contributed by atoms with E-state index in [1.165, 1.54) is 23.9 Å². The van der Waals surface area contributed by atoms with Crippen LogP contribution in [0.1, 0.15) is 12.0 Å². The second-order valence-electron chi connectivity index (χ2n) is 8.67. The number of halogens is 3. The van der Waals surface area contributed by atoms with E-state index in [0.717, 1.165) is 54.6 Å². The molecule has 0 bridgehead atoms. The Morgan fingerprint density at radius 1 is 0.842 bits per heavy atom. The predicted molar refractivity (Wildman–Crippen MR) is 138 cm³/mol. The summed E-state index contributed by atoms with van der Waals surface area (Å²) in [6, 6.07) is 11.9. The van der Waals surface area contributed by atoms with Gasteiger partial charge in [-0.3, -0.25) is 4.90 Å². The van der Waals surface area contributed by atoms with Crippen LogP contribution in [0.15, 0.2) is 64.4 Å². The number of nitrogens with zero attached hydrogens (tertiary/aromatic N) is 3. The molecule has 0 aliphatic carbocycles. The van der Waals surface area contributed by atoms with Crippen molar-refractivity contribution < 1.29 is 38.1 Å². The van der Waals surface area contributed by atoms with Crippen LogP contribution in [0, 0.1) is 0 Å². The summed E-state index contributed by atoms with van der Waals surface area (Å²) in [6.07, 6.45) is -2.37. The van der Waals surface area contributed by atoms with Gasteiger partial charge in [-0.25, -0.2) is 9.59 Å². The maximum Gasteiger partial charge on any atom is 0.416 e. The SMILES string of the molecule is O=C(O)C=CC(=O)O.OCCN1CCN(CCCN2c3ccccc3Sc3ccc(C(F)(F)F)cc32)CC1. The van der Waals surface area contributed by atoms with Gasteiger partial charge in [0.1, 0.15) is 0 Å². The first-order valence-electron chi connectivity index (χ1n) is 12.0. The van der Waals surface area contributed by atoms with Crippen LogP contribution in [0.3, 0.4) is 0 Å². The molecule has 0 amide bonds. The topological polar surface area (TPSA) is 105 Å². The molecule has 2 aliphatic heterocycles. The third-order valence-corrected chi connectivity index (χ3v) is 7.19. The van der Waals surface area contributed by atoms with Crippen LogP contribution in [0.5, 0.6) is 0 Å². The highest BCUT2D eigenvalue weighted by atomic mass is 32.2. The van der Waals surface area contributed by atoms with E-state index in [4.69, 9.17) is 15.3 Å². The average molecular weight is 554 g/mol. The van der Waals surface area contributed by atoms with Gasteiger partial charge in [0.25, 0.3) is 0 Å². The number of β-amino-alcohol motifs (C(OH)–C–C–N with tert-alkyl or cyclic N) is 1. The number of aliphatic hydroxyl groups is 1. The van der Waals surface area contributed by atoms with Gasteiger partial charge in [-0.05, 0) is 43.3 Å². The molecule has 2 aromatic carbocycles. The minimum Gasteiger partial charge on any atom is -0.478 e. The molecule has 206 valence electrons. The predicted octanol–water partition coefficient (Wildman–Crippen LogP) is 4.02. The largest absolute Gasteiger partial charge is 0.478 e. The summed E-state index contributed by atoms with van der Waals surface area (Å²) in [6.45, 7) is 6.29. The van der Waals surface area contributed by atoms with Crippen molar-refractivity contribution in [1.82, 2.24) is 9.80 Å². The minimum absolute atomic E-state index is 0.186. The number of carboxylic acids is 2. The third kappa shape index (κ3) is 8.48. The van der Waals surface area contributed by atoms with Crippen LogP contribution in [0.25, 0.3) is 0 Å². The highest BCUT2D eigenvalue weighted by Crippen LogP contribution is 2.49. The molecular weight excluding hydrogens is 523 g/mol. The summed E-state index contributed by atoms with van der Waals surface area (Å²) in [4.78, 5) is 27.7. The van der Waals surface area contributed by atoms with Crippen molar-refractivity contribution in [3.8, 4) is 0 Å². The van der Waals surface area contributed by atoms with Crippen molar-refractivity contribution in [2.45, 2.75) is 22.4 Å². The highest BCUT2D eigenvalue weighted by molar-refractivity contribution is 7.99. The Labute approximate surface area is 223 Å². The van der Waals surface area contributed by atoms with Gasteiger partial charge in [-0.15, -0.1) is 0 Å². The molecule has 8 nitrogen and oxygen atoms in total. The first kappa shape index (κ1) is 29.5. The van der Waals surface area contributed by atoms with Crippen LogP contribution in [0.4, 0.5) is 24.5 Å². The molecule has 38 heavy (non-hydrogen) atoms. The molecule has 2 heterocycles. The number of hydrogen-bond acceptors (Lipinski definition) is 7. The lowest BCUT2D eigenvalue weighted by Crippen LogP contribution is -2.47. The van der Waals surface area contributed by atoms with Crippen molar-refractivity contribution in [2.75, 3.05) is 57.3 Å². The number of piperazine rings is 1. The smallest absolute Gasteiger partial charge is 0.416 e. The van der Waals surface area contributed by atoms with E-state index in [0.29, 0.717) is 30.9 Å². The number of hydrogen-bond donors (Lipinski definition) is 3. The highest BCUT2D eigenvalue weighted by Gasteiger charge is 2.33. The maximum absolute atomic E-state index is 13.3. The van der Waals surface area contributed by atoms with Crippen LogP contribution in [-0.4, -0.2) is 89.5 Å². The Bertz CT molecular complexity index is 1120. The Morgan fingerprint density at radius 2 is 1.42 bits per heavy atom. The zero-order valence-corrected chi connectivity index (χ0v) is 21.4. The van der Waals surface area contributed by atoms with Gasteiger partial charge in [-0.2, -0.15) is 13.2 Å². The molecule has 0 saturated carbocycles. The number of carboxylic acid groups (broad SMARTS) is 2. The Morgan fingerprint density at radius 3 is 2.00 bits per heavy atom. The quantitative estimate of drug-likeness (QED) is 0.418. The summed E-state index contributed by atoms with van der Waals surface area (Å²) >= 11 is 1.53. The molecule has 0 spiro atoms. The summed E-state index contributed by atoms with van der Waals surface area (Å²) in [5.41, 5.74) is 1.01. The summed E-state index contributed by atoms with van der Waals surface area (Å²) in [7, 11) is 0. The van der Waals surface area contributed by atoms with Gasteiger partial charge in [0.05, 0.1) is 23.5 Å². The number of alkyl halides is 3. The number of aliphatic hydroxyl groups excluding tert-OH is 1. The standard InChI is InChI=1S/C22H26F3N3OS.C4H4O4/c23-22(24,25)17-6-7-21-19(16-17)28(18-4-1-2-5-20(18)30-21)9-3-8-26-10-12-27(13-11-26)14-15-29;5-3(6)1-2-4(7)8/h1-2,4-7,16,29H,3,8-15H2;1-2H,(H,5,6)(H,7,8). The summed E-state index contributed by atoms with van der Waals surface area (Å²) in [5, 5.41) is 24.7. The Kier molecular flexibility index (Phi) is 10.6. The first-order valence-corrected chi connectivity index (χ1v) is 12.9. The summed E-state index contributed by atoms with van der Waals surface area (Å²) < 4.78 is 39.9. The minimum atomic E-state index is -4.35. The van der Waals surface area contributed by atoms with Gasteiger partial charge >= 0.3 is 18.1 Å². The second-order valence-corrected chi connectivity index (χ2v) is 9.76. The molecule has 0 atom stereocenters. The molecule has 4 rings (SSSR count). The van der Waals surface area contributed by atoms with E-state index < -0.39 is 23.7 Å². The average Bonchev–Trinajstić information content (AvgIpc) is 2.88. The first-order chi connectivity index (χ1) is 18.1. The Balaban J connectivity index is 0.000000436. The fourth-order valence-electron chi connectivity index (χ4n) is 4.22. The van der Waals surface area contributed by atoms with E-state index in [-0.39, 0.29) is 6.61 Å².